The second kappa shape index (κ2) is 6.07. The molecule has 1 amide bonds. The molecule has 3 rings (SSSR count). The molecule has 1 aliphatic heterocycles. The number of anilines is 1. The van der Waals surface area contributed by atoms with Crippen molar-refractivity contribution in [2.45, 2.75) is 13.5 Å². The molecule has 8 nitrogen and oxygen atoms in total. The molecule has 122 valence electrons. The van der Waals surface area contributed by atoms with Gasteiger partial charge in [0.05, 0.1) is 17.9 Å². The van der Waals surface area contributed by atoms with Crippen LogP contribution in [0.5, 0.6) is 0 Å². The van der Waals surface area contributed by atoms with E-state index < -0.39 is 28.9 Å². The molecule has 0 saturated carbocycles. The number of hydrogen-bond donors (Lipinski definition) is 1. The van der Waals surface area contributed by atoms with Gasteiger partial charge in [-0.3, -0.25) is 23.9 Å². The number of nitrogens with zero attached hydrogens (tertiary/aromatic N) is 3. The number of Topliss-reactive ketones (excluding diaryl/α,β-unsaturated/α-hetero) is 1. The van der Waals surface area contributed by atoms with Gasteiger partial charge in [-0.15, -0.1) is 0 Å². The summed E-state index contributed by atoms with van der Waals surface area (Å²) in [6.45, 7) is 1.28. The molecule has 0 saturated heterocycles. The van der Waals surface area contributed by atoms with E-state index in [1.807, 2.05) is 6.07 Å². The van der Waals surface area contributed by atoms with Crippen LogP contribution in [0.15, 0.2) is 57.3 Å². The maximum Gasteiger partial charge on any atom is 0.328 e. The Bertz CT molecular complexity index is 942. The summed E-state index contributed by atoms with van der Waals surface area (Å²) in [5.74, 6) is -1.96. The van der Waals surface area contributed by atoms with Crippen molar-refractivity contribution in [3.63, 3.8) is 0 Å². The number of carbonyl (C=O) groups excluding carboxylic acids is 2. The molecule has 1 aromatic heterocycles. The van der Waals surface area contributed by atoms with Crippen molar-refractivity contribution >= 4 is 23.1 Å². The summed E-state index contributed by atoms with van der Waals surface area (Å²) in [7, 11) is 0. The Morgan fingerprint density at radius 3 is 2.54 bits per heavy atom. The topological polar surface area (TPSA) is 105 Å². The third kappa shape index (κ3) is 2.81. The van der Waals surface area contributed by atoms with Crippen LogP contribution in [0.25, 0.3) is 0 Å². The zero-order chi connectivity index (χ0) is 17.3. The fourth-order valence-electron chi connectivity index (χ4n) is 2.52. The van der Waals surface area contributed by atoms with Gasteiger partial charge in [-0.1, -0.05) is 18.2 Å². The number of hydrazone groups is 1. The van der Waals surface area contributed by atoms with Gasteiger partial charge in [-0.05, 0) is 19.1 Å². The van der Waals surface area contributed by atoms with Gasteiger partial charge in [0.25, 0.3) is 11.5 Å². The van der Waals surface area contributed by atoms with E-state index in [9.17, 15) is 19.2 Å². The van der Waals surface area contributed by atoms with Crippen LogP contribution >= 0.6 is 0 Å². The van der Waals surface area contributed by atoms with E-state index in [1.54, 1.807) is 31.2 Å². The van der Waals surface area contributed by atoms with Crippen LogP contribution in [-0.2, 0) is 16.1 Å². The van der Waals surface area contributed by atoms with Crippen molar-refractivity contribution in [1.29, 1.82) is 0 Å². The predicted octanol–water partition coefficient (Wildman–Crippen LogP) is 0.145. The average Bonchev–Trinajstić information content (AvgIpc) is 2.85. The van der Waals surface area contributed by atoms with Crippen molar-refractivity contribution in [2.24, 2.45) is 11.0 Å². The summed E-state index contributed by atoms with van der Waals surface area (Å²) in [5, 5.41) is 5.34. The first-order chi connectivity index (χ1) is 11.5. The molecule has 24 heavy (non-hydrogen) atoms. The minimum absolute atomic E-state index is 0.318. The predicted molar refractivity (Wildman–Crippen MR) is 86.9 cm³/mol. The first kappa shape index (κ1) is 15.6. The molecule has 0 radical (unpaired) electrons. The molecule has 2 aromatic rings. The van der Waals surface area contributed by atoms with Gasteiger partial charge in [-0.25, -0.2) is 4.79 Å². The molecular formula is C16H14N4O4. The number of para-hydroxylation sites is 1. The lowest BCUT2D eigenvalue weighted by atomic mass is 9.99. The number of amides is 1. The smallest absolute Gasteiger partial charge is 0.296 e. The van der Waals surface area contributed by atoms with Crippen LogP contribution in [0.4, 0.5) is 5.69 Å². The Kier molecular flexibility index (Phi) is 3.95. The summed E-state index contributed by atoms with van der Waals surface area (Å²) >= 11 is 0. The summed E-state index contributed by atoms with van der Waals surface area (Å²) in [6.07, 6.45) is 1.22. The lowest BCUT2D eigenvalue weighted by molar-refractivity contribution is -0.129. The van der Waals surface area contributed by atoms with E-state index in [-0.39, 0.29) is 6.54 Å². The molecule has 1 aromatic carbocycles. The summed E-state index contributed by atoms with van der Waals surface area (Å²) in [6, 6.07) is 9.92. The first-order valence-electron chi connectivity index (χ1n) is 7.24. The number of H-pyrrole nitrogens is 1. The average molecular weight is 326 g/mol. The van der Waals surface area contributed by atoms with E-state index in [4.69, 9.17) is 0 Å². The van der Waals surface area contributed by atoms with Crippen molar-refractivity contribution in [1.82, 2.24) is 9.55 Å². The molecular weight excluding hydrogens is 312 g/mol. The van der Waals surface area contributed by atoms with Crippen molar-refractivity contribution < 1.29 is 9.59 Å². The minimum Gasteiger partial charge on any atom is -0.296 e. The molecule has 0 spiro atoms. The van der Waals surface area contributed by atoms with E-state index in [0.29, 0.717) is 11.4 Å². The number of nitrogens with one attached hydrogen (secondary N) is 1. The minimum atomic E-state index is -1.04. The van der Waals surface area contributed by atoms with Gasteiger partial charge in [0, 0.05) is 12.3 Å². The van der Waals surface area contributed by atoms with Crippen LogP contribution in [0.3, 0.4) is 0 Å². The Hall–Kier alpha value is -3.29. The number of carbonyl (C=O) groups is 2. The number of hydrogen-bond acceptors (Lipinski definition) is 5. The Morgan fingerprint density at radius 1 is 1.17 bits per heavy atom. The normalized spacial score (nSPS) is 17.0. The van der Waals surface area contributed by atoms with Gasteiger partial charge in [0.15, 0.2) is 5.78 Å². The van der Waals surface area contributed by atoms with Crippen molar-refractivity contribution in [3.05, 3.63) is 63.4 Å². The van der Waals surface area contributed by atoms with E-state index in [2.05, 4.69) is 10.1 Å². The zero-order valence-electron chi connectivity index (χ0n) is 12.8. The number of aromatic nitrogens is 2. The van der Waals surface area contributed by atoms with Crippen LogP contribution < -0.4 is 16.3 Å². The molecule has 8 heteroatoms. The maximum atomic E-state index is 12.5. The lowest BCUT2D eigenvalue weighted by Gasteiger charge is -2.14. The van der Waals surface area contributed by atoms with Gasteiger partial charge >= 0.3 is 5.69 Å². The van der Waals surface area contributed by atoms with Gasteiger partial charge in [-0.2, -0.15) is 10.1 Å². The Morgan fingerprint density at radius 2 is 1.88 bits per heavy atom. The third-order valence-electron chi connectivity index (χ3n) is 3.68. The second-order valence-electron chi connectivity index (χ2n) is 5.36. The molecule has 1 aliphatic rings. The fraction of sp³-hybridized carbons (Fsp3) is 0.188. The molecule has 2 heterocycles. The van der Waals surface area contributed by atoms with Crippen LogP contribution in [-0.4, -0.2) is 27.0 Å². The highest BCUT2D eigenvalue weighted by Crippen LogP contribution is 2.24. The zero-order valence-corrected chi connectivity index (χ0v) is 12.8. The van der Waals surface area contributed by atoms with Gasteiger partial charge in [0.2, 0.25) is 0 Å². The second-order valence-corrected chi connectivity index (χ2v) is 5.36. The van der Waals surface area contributed by atoms with Crippen molar-refractivity contribution in [2.75, 3.05) is 5.01 Å². The SMILES string of the molecule is CC1=NN(c2ccccc2)C(=O)[C@H]1C(=O)Cn1ccc(=O)[nH]c1=O. The summed E-state index contributed by atoms with van der Waals surface area (Å²) < 4.78 is 1.05. The number of ketones is 1. The third-order valence-corrected chi connectivity index (χ3v) is 3.68. The monoisotopic (exact) mass is 326 g/mol. The molecule has 0 aliphatic carbocycles. The Labute approximate surface area is 136 Å². The summed E-state index contributed by atoms with van der Waals surface area (Å²) in [4.78, 5) is 49.8. The summed E-state index contributed by atoms with van der Waals surface area (Å²) in [5.41, 5.74) is -0.311. The number of benzene rings is 1. The molecule has 0 unspecified atom stereocenters. The van der Waals surface area contributed by atoms with E-state index >= 15 is 0 Å². The largest absolute Gasteiger partial charge is 0.328 e. The standard InChI is InChI=1S/C16H14N4O4/c1-10-14(12(21)9-19-8-7-13(22)17-16(19)24)15(23)20(18-10)11-5-3-2-4-6-11/h2-8,14H,9H2,1H3,(H,17,22,24)/t14-/m1/s1. The number of rotatable bonds is 4. The number of aromatic amines is 1. The van der Waals surface area contributed by atoms with Crippen molar-refractivity contribution in [3.8, 4) is 0 Å². The van der Waals surface area contributed by atoms with Gasteiger partial charge < -0.3 is 0 Å². The molecule has 0 bridgehead atoms. The van der Waals surface area contributed by atoms with E-state index in [1.165, 1.54) is 11.2 Å². The van der Waals surface area contributed by atoms with Gasteiger partial charge in [0.1, 0.15) is 5.92 Å². The first-order valence-corrected chi connectivity index (χ1v) is 7.24. The highest BCUT2D eigenvalue weighted by molar-refractivity contribution is 6.26. The molecule has 1 atom stereocenters. The van der Waals surface area contributed by atoms with Crippen LogP contribution in [0.2, 0.25) is 0 Å². The molecule has 0 fully saturated rings. The quantitative estimate of drug-likeness (QED) is 0.807. The maximum absolute atomic E-state index is 12.5. The molecule has 1 N–H and O–H groups in total. The van der Waals surface area contributed by atoms with Crippen LogP contribution in [0, 0.1) is 5.92 Å². The highest BCUT2D eigenvalue weighted by Gasteiger charge is 2.39. The lowest BCUT2D eigenvalue weighted by Crippen LogP contribution is -2.37. The Balaban J connectivity index is 1.83. The van der Waals surface area contributed by atoms with E-state index in [0.717, 1.165) is 10.6 Å². The van der Waals surface area contributed by atoms with Crippen LogP contribution in [0.1, 0.15) is 6.92 Å². The fourth-order valence-corrected chi connectivity index (χ4v) is 2.52. The highest BCUT2D eigenvalue weighted by atomic mass is 16.2.